The monoisotopic (exact) mass is 250 g/mol. The molecule has 0 saturated heterocycles. The lowest BCUT2D eigenvalue weighted by atomic mass is 10.1. The van der Waals surface area contributed by atoms with Crippen LogP contribution in [0.1, 0.15) is 17.7 Å². The summed E-state index contributed by atoms with van der Waals surface area (Å²) in [7, 11) is 0. The van der Waals surface area contributed by atoms with Gasteiger partial charge in [0.1, 0.15) is 0 Å². The van der Waals surface area contributed by atoms with Gasteiger partial charge in [0.05, 0.1) is 12.0 Å². The van der Waals surface area contributed by atoms with Crippen LogP contribution in [0.4, 0.5) is 13.2 Å². The molecule has 0 aliphatic heterocycles. The highest BCUT2D eigenvalue weighted by Crippen LogP contribution is 2.43. The Kier molecular flexibility index (Phi) is 4.23. The normalized spacial score (nSPS) is 13.2. The minimum Gasteiger partial charge on any atom is -0.391 e. The van der Waals surface area contributed by atoms with E-state index in [0.717, 1.165) is 6.92 Å². The van der Waals surface area contributed by atoms with Crippen LogP contribution in [-0.2, 0) is 8.98 Å². The Morgan fingerprint density at radius 3 is 2.31 bits per heavy atom. The maximum absolute atomic E-state index is 12.6. The van der Waals surface area contributed by atoms with E-state index in [2.05, 4.69) is 4.18 Å². The smallest absolute Gasteiger partial charge is 0.391 e. The van der Waals surface area contributed by atoms with Crippen LogP contribution in [0.25, 0.3) is 0 Å². The van der Waals surface area contributed by atoms with Gasteiger partial charge in [-0.15, -0.1) is 0 Å². The van der Waals surface area contributed by atoms with E-state index in [1.807, 2.05) is 0 Å². The first kappa shape index (κ1) is 12.9. The minimum atomic E-state index is -4.46. The van der Waals surface area contributed by atoms with Gasteiger partial charge in [-0.25, -0.2) is 0 Å². The molecular formula is C10H9F3O2S. The van der Waals surface area contributed by atoms with Crippen molar-refractivity contribution in [2.75, 3.05) is 0 Å². The van der Waals surface area contributed by atoms with E-state index in [9.17, 15) is 18.0 Å². The second kappa shape index (κ2) is 5.25. The molecule has 0 saturated carbocycles. The van der Waals surface area contributed by atoms with Crippen LogP contribution in [0, 0.1) is 0 Å². The van der Waals surface area contributed by atoms with Gasteiger partial charge in [-0.3, -0.25) is 4.79 Å². The van der Waals surface area contributed by atoms with Gasteiger partial charge < -0.3 is 4.18 Å². The molecule has 16 heavy (non-hydrogen) atoms. The number of halogens is 3. The number of hydrogen-bond acceptors (Lipinski definition) is 3. The third-order valence-corrected chi connectivity index (χ3v) is 2.72. The molecule has 1 aromatic rings. The fourth-order valence-electron chi connectivity index (χ4n) is 1.04. The second-order valence-electron chi connectivity index (χ2n) is 3.00. The van der Waals surface area contributed by atoms with Gasteiger partial charge in [0.25, 0.3) is 0 Å². The van der Waals surface area contributed by atoms with Crippen LogP contribution < -0.4 is 0 Å². The number of carbonyl (C=O) groups excluding carboxylic acids is 1. The summed E-state index contributed by atoms with van der Waals surface area (Å²) in [6.45, 7) is 1.06. The molecule has 0 radical (unpaired) electrons. The molecule has 2 nitrogen and oxygen atoms in total. The van der Waals surface area contributed by atoms with Gasteiger partial charge in [0.2, 0.25) is 0 Å². The van der Waals surface area contributed by atoms with Gasteiger partial charge in [0, 0.05) is 6.92 Å². The number of rotatable bonds is 3. The van der Waals surface area contributed by atoms with E-state index in [0.29, 0.717) is 0 Å². The van der Waals surface area contributed by atoms with Crippen molar-refractivity contribution in [2.45, 2.75) is 18.3 Å². The standard InChI is InChI=1S/C10H9F3O2S/c1-7(14)15-16-9(10(11,12)13)8-5-3-2-4-6-8/h2-6,9H,1H3. The molecule has 1 atom stereocenters. The quantitative estimate of drug-likeness (QED) is 0.768. The lowest BCUT2D eigenvalue weighted by Gasteiger charge is -2.18. The highest BCUT2D eigenvalue weighted by molar-refractivity contribution is 7.95. The van der Waals surface area contributed by atoms with Crippen molar-refractivity contribution < 1.29 is 22.1 Å². The Labute approximate surface area is 95.0 Å². The first-order chi connectivity index (χ1) is 7.41. The lowest BCUT2D eigenvalue weighted by Crippen LogP contribution is -2.18. The van der Waals surface area contributed by atoms with Crippen molar-refractivity contribution in [3.05, 3.63) is 35.9 Å². The van der Waals surface area contributed by atoms with Gasteiger partial charge in [-0.05, 0) is 5.56 Å². The maximum Gasteiger partial charge on any atom is 0.407 e. The molecule has 0 aromatic heterocycles. The number of carbonyl (C=O) groups is 1. The summed E-state index contributed by atoms with van der Waals surface area (Å²) in [6, 6.07) is 7.31. The topological polar surface area (TPSA) is 26.3 Å². The minimum absolute atomic E-state index is 0.0567. The highest BCUT2D eigenvalue weighted by Gasteiger charge is 2.42. The molecule has 1 unspecified atom stereocenters. The molecule has 0 N–H and O–H groups in total. The number of hydrogen-bond donors (Lipinski definition) is 0. The summed E-state index contributed by atoms with van der Waals surface area (Å²) >= 11 is 0.115. The van der Waals surface area contributed by atoms with E-state index in [1.54, 1.807) is 6.07 Å². The van der Waals surface area contributed by atoms with Crippen molar-refractivity contribution in [3.8, 4) is 0 Å². The average Bonchev–Trinajstić information content (AvgIpc) is 2.17. The summed E-state index contributed by atoms with van der Waals surface area (Å²) in [5.74, 6) is -0.754. The van der Waals surface area contributed by atoms with E-state index < -0.39 is 17.4 Å². The van der Waals surface area contributed by atoms with Crippen LogP contribution in [0.3, 0.4) is 0 Å². The van der Waals surface area contributed by atoms with Crippen molar-refractivity contribution in [2.24, 2.45) is 0 Å². The van der Waals surface area contributed by atoms with Gasteiger partial charge in [-0.1, -0.05) is 30.3 Å². The molecule has 0 aliphatic rings. The molecule has 0 amide bonds. The zero-order valence-corrected chi connectivity index (χ0v) is 9.14. The second-order valence-corrected chi connectivity index (χ2v) is 3.83. The van der Waals surface area contributed by atoms with Crippen molar-refractivity contribution in [1.82, 2.24) is 0 Å². The van der Waals surface area contributed by atoms with Gasteiger partial charge in [-0.2, -0.15) is 13.2 Å². The first-order valence-electron chi connectivity index (χ1n) is 4.37. The molecule has 0 aliphatic carbocycles. The molecular weight excluding hydrogens is 241 g/mol. The van der Waals surface area contributed by atoms with Crippen molar-refractivity contribution in [1.29, 1.82) is 0 Å². The molecule has 1 aromatic carbocycles. The SMILES string of the molecule is CC(=O)OSC(c1ccccc1)C(F)(F)F. The Bertz CT molecular complexity index is 351. The summed E-state index contributed by atoms with van der Waals surface area (Å²) < 4.78 is 42.3. The van der Waals surface area contributed by atoms with Crippen LogP contribution in [0.5, 0.6) is 0 Å². The largest absolute Gasteiger partial charge is 0.407 e. The Hall–Kier alpha value is -1.17. The zero-order valence-electron chi connectivity index (χ0n) is 8.32. The van der Waals surface area contributed by atoms with Crippen LogP contribution in [0.15, 0.2) is 30.3 Å². The number of alkyl halides is 3. The van der Waals surface area contributed by atoms with Crippen LogP contribution in [0.2, 0.25) is 0 Å². The number of benzene rings is 1. The highest BCUT2D eigenvalue weighted by atomic mass is 32.2. The van der Waals surface area contributed by atoms with E-state index in [4.69, 9.17) is 0 Å². The summed E-state index contributed by atoms with van der Waals surface area (Å²) in [4.78, 5) is 10.5. The van der Waals surface area contributed by atoms with E-state index in [1.165, 1.54) is 24.3 Å². The van der Waals surface area contributed by atoms with Crippen LogP contribution >= 0.6 is 12.0 Å². The van der Waals surface area contributed by atoms with Crippen molar-refractivity contribution >= 4 is 18.0 Å². The fraction of sp³-hybridized carbons (Fsp3) is 0.300. The summed E-state index contributed by atoms with van der Waals surface area (Å²) in [5, 5.41) is -1.85. The fourth-order valence-corrected chi connectivity index (χ4v) is 1.65. The molecule has 0 spiro atoms. The summed E-state index contributed by atoms with van der Waals surface area (Å²) in [6.07, 6.45) is -4.46. The predicted molar refractivity (Wildman–Crippen MR) is 54.6 cm³/mol. The Morgan fingerprint density at radius 1 is 1.31 bits per heavy atom. The van der Waals surface area contributed by atoms with Crippen LogP contribution in [-0.4, -0.2) is 12.1 Å². The zero-order chi connectivity index (χ0) is 12.2. The Balaban J connectivity index is 2.84. The van der Waals surface area contributed by atoms with Gasteiger partial charge in [0.15, 0.2) is 5.25 Å². The predicted octanol–water partition coefficient (Wildman–Crippen LogP) is 3.50. The average molecular weight is 250 g/mol. The first-order valence-corrected chi connectivity index (χ1v) is 5.17. The van der Waals surface area contributed by atoms with Gasteiger partial charge >= 0.3 is 12.1 Å². The van der Waals surface area contributed by atoms with E-state index >= 15 is 0 Å². The molecule has 0 fully saturated rings. The van der Waals surface area contributed by atoms with Crippen molar-refractivity contribution in [3.63, 3.8) is 0 Å². The molecule has 6 heteroatoms. The molecule has 1 rings (SSSR count). The molecule has 0 heterocycles. The van der Waals surface area contributed by atoms with E-state index in [-0.39, 0.29) is 17.6 Å². The maximum atomic E-state index is 12.6. The third-order valence-electron chi connectivity index (χ3n) is 1.66. The third kappa shape index (κ3) is 3.77. The summed E-state index contributed by atoms with van der Waals surface area (Å²) in [5.41, 5.74) is 0.0567. The molecule has 88 valence electrons. The Morgan fingerprint density at radius 2 is 1.88 bits per heavy atom. The molecule has 0 bridgehead atoms. The lowest BCUT2D eigenvalue weighted by molar-refractivity contribution is -0.134.